The molecule has 2 aliphatic carbocycles. The smallest absolute Gasteiger partial charge is 0.321 e. The maximum atomic E-state index is 11.8. The van der Waals surface area contributed by atoms with Crippen LogP contribution in [0.15, 0.2) is 0 Å². The number of aliphatic hydroxyl groups excluding tert-OH is 1. The number of carbonyl (C=O) groups excluding carboxylic acids is 2. The van der Waals surface area contributed by atoms with Crippen LogP contribution < -0.4 is 10.6 Å². The van der Waals surface area contributed by atoms with Crippen LogP contribution in [0.4, 0.5) is 4.79 Å². The van der Waals surface area contributed by atoms with Crippen LogP contribution in [0, 0.1) is 0 Å². The second-order valence-corrected chi connectivity index (χ2v) is 5.78. The van der Waals surface area contributed by atoms with E-state index in [1.807, 2.05) is 4.90 Å². The van der Waals surface area contributed by atoms with Gasteiger partial charge in [0.15, 0.2) is 0 Å². The number of hydrogen-bond donors (Lipinski definition) is 3. The van der Waals surface area contributed by atoms with Crippen LogP contribution in [0.3, 0.4) is 0 Å². The van der Waals surface area contributed by atoms with Crippen LogP contribution >= 0.6 is 0 Å². The zero-order chi connectivity index (χ0) is 14.4. The van der Waals surface area contributed by atoms with Gasteiger partial charge in [0.05, 0.1) is 13.2 Å². The van der Waals surface area contributed by atoms with Crippen molar-refractivity contribution in [3.63, 3.8) is 0 Å². The van der Waals surface area contributed by atoms with Crippen molar-refractivity contribution in [3.05, 3.63) is 0 Å². The summed E-state index contributed by atoms with van der Waals surface area (Å²) in [7, 11) is 0. The molecule has 20 heavy (non-hydrogen) atoms. The second-order valence-electron chi connectivity index (χ2n) is 5.78. The van der Waals surface area contributed by atoms with Crippen molar-refractivity contribution in [1.82, 2.24) is 15.5 Å². The molecule has 2 rings (SSSR count). The summed E-state index contributed by atoms with van der Waals surface area (Å²) in [6.07, 6.45) is 7.66. The lowest BCUT2D eigenvalue weighted by Crippen LogP contribution is -2.48. The molecule has 0 saturated heterocycles. The van der Waals surface area contributed by atoms with Gasteiger partial charge < -0.3 is 10.4 Å². The Labute approximate surface area is 119 Å². The fourth-order valence-corrected chi connectivity index (χ4v) is 2.78. The first-order chi connectivity index (χ1) is 9.69. The van der Waals surface area contributed by atoms with Gasteiger partial charge in [-0.2, -0.15) is 0 Å². The number of nitrogens with one attached hydrogen (secondary N) is 2. The highest BCUT2D eigenvalue weighted by Gasteiger charge is 2.30. The number of imide groups is 1. The van der Waals surface area contributed by atoms with Gasteiger partial charge in [-0.15, -0.1) is 0 Å². The molecule has 6 heteroatoms. The standard InChI is InChI=1S/C14H25N3O3/c18-9-8-17(12-6-7-12)10-13(19)16-14(20)15-11-4-2-1-3-5-11/h11-12,18H,1-10H2,(H2,15,16,19,20). The Balaban J connectivity index is 1.68. The highest BCUT2D eigenvalue weighted by Crippen LogP contribution is 2.26. The average molecular weight is 283 g/mol. The van der Waals surface area contributed by atoms with Crippen LogP contribution in [0.2, 0.25) is 0 Å². The minimum Gasteiger partial charge on any atom is -0.395 e. The summed E-state index contributed by atoms with van der Waals surface area (Å²) in [5, 5.41) is 14.2. The summed E-state index contributed by atoms with van der Waals surface area (Å²) in [5.74, 6) is -0.293. The Morgan fingerprint density at radius 2 is 1.80 bits per heavy atom. The summed E-state index contributed by atoms with van der Waals surface area (Å²) in [5.41, 5.74) is 0. The highest BCUT2D eigenvalue weighted by atomic mass is 16.3. The van der Waals surface area contributed by atoms with E-state index >= 15 is 0 Å². The summed E-state index contributed by atoms with van der Waals surface area (Å²) >= 11 is 0. The normalized spacial score (nSPS) is 19.9. The van der Waals surface area contributed by atoms with Gasteiger partial charge in [0.1, 0.15) is 0 Å². The molecule has 6 nitrogen and oxygen atoms in total. The van der Waals surface area contributed by atoms with E-state index in [9.17, 15) is 9.59 Å². The molecule has 2 aliphatic rings. The van der Waals surface area contributed by atoms with E-state index in [-0.39, 0.29) is 31.1 Å². The number of nitrogens with zero attached hydrogens (tertiary/aromatic N) is 1. The van der Waals surface area contributed by atoms with E-state index < -0.39 is 0 Å². The number of urea groups is 1. The predicted molar refractivity (Wildman–Crippen MR) is 75.2 cm³/mol. The molecular formula is C14H25N3O3. The maximum Gasteiger partial charge on any atom is 0.321 e. The molecule has 3 N–H and O–H groups in total. The van der Waals surface area contributed by atoms with Crippen LogP contribution in [0.25, 0.3) is 0 Å². The zero-order valence-corrected chi connectivity index (χ0v) is 11.9. The molecule has 0 aromatic heterocycles. The van der Waals surface area contributed by atoms with Gasteiger partial charge in [-0.05, 0) is 25.7 Å². The van der Waals surface area contributed by atoms with Crippen molar-refractivity contribution in [2.45, 2.75) is 57.0 Å². The van der Waals surface area contributed by atoms with E-state index in [1.165, 1.54) is 6.42 Å². The lowest BCUT2D eigenvalue weighted by Gasteiger charge is -2.23. The number of amides is 3. The summed E-state index contributed by atoms with van der Waals surface area (Å²) < 4.78 is 0. The molecule has 0 spiro atoms. The van der Waals surface area contributed by atoms with Crippen molar-refractivity contribution < 1.29 is 14.7 Å². The molecule has 2 fully saturated rings. The lowest BCUT2D eigenvalue weighted by atomic mass is 9.96. The van der Waals surface area contributed by atoms with Crippen molar-refractivity contribution in [1.29, 1.82) is 0 Å². The van der Waals surface area contributed by atoms with Gasteiger partial charge in [-0.3, -0.25) is 15.0 Å². The van der Waals surface area contributed by atoms with Gasteiger partial charge >= 0.3 is 6.03 Å². The molecule has 0 atom stereocenters. The average Bonchev–Trinajstić information content (AvgIpc) is 3.23. The van der Waals surface area contributed by atoms with E-state index in [0.717, 1.165) is 38.5 Å². The maximum absolute atomic E-state index is 11.8. The number of hydrogen-bond acceptors (Lipinski definition) is 4. The first kappa shape index (κ1) is 15.3. The Kier molecular flexibility index (Phi) is 5.79. The summed E-state index contributed by atoms with van der Waals surface area (Å²) in [4.78, 5) is 25.5. The van der Waals surface area contributed by atoms with Gasteiger partial charge in [-0.25, -0.2) is 4.79 Å². The minimum atomic E-state index is -0.387. The monoisotopic (exact) mass is 283 g/mol. The van der Waals surface area contributed by atoms with Gasteiger partial charge in [0, 0.05) is 18.6 Å². The first-order valence-corrected chi connectivity index (χ1v) is 7.64. The van der Waals surface area contributed by atoms with Crippen LogP contribution in [-0.4, -0.2) is 53.7 Å². The quantitative estimate of drug-likeness (QED) is 0.667. The fraction of sp³-hybridized carbons (Fsp3) is 0.857. The second kappa shape index (κ2) is 7.59. The molecule has 0 aliphatic heterocycles. The zero-order valence-electron chi connectivity index (χ0n) is 11.9. The third kappa shape index (κ3) is 5.09. The summed E-state index contributed by atoms with van der Waals surface area (Å²) in [6, 6.07) is 0.212. The third-order valence-corrected chi connectivity index (χ3v) is 3.99. The lowest BCUT2D eigenvalue weighted by molar-refractivity contribution is -0.121. The first-order valence-electron chi connectivity index (χ1n) is 7.64. The predicted octanol–water partition coefficient (Wildman–Crippen LogP) is 0.602. The molecule has 0 aromatic carbocycles. The molecule has 2 saturated carbocycles. The SMILES string of the molecule is O=C(CN(CCO)C1CC1)NC(=O)NC1CCCCC1. The highest BCUT2D eigenvalue weighted by molar-refractivity contribution is 5.95. The number of aliphatic hydroxyl groups is 1. The van der Waals surface area contributed by atoms with E-state index in [4.69, 9.17) is 5.11 Å². The summed E-state index contributed by atoms with van der Waals surface area (Å²) in [6.45, 7) is 0.712. The van der Waals surface area contributed by atoms with Crippen LogP contribution in [-0.2, 0) is 4.79 Å². The Hall–Kier alpha value is -1.14. The van der Waals surface area contributed by atoms with Gasteiger partial charge in [-0.1, -0.05) is 19.3 Å². The largest absolute Gasteiger partial charge is 0.395 e. The van der Waals surface area contributed by atoms with E-state index in [0.29, 0.717) is 12.6 Å². The van der Waals surface area contributed by atoms with Crippen LogP contribution in [0.5, 0.6) is 0 Å². The Morgan fingerprint density at radius 1 is 1.10 bits per heavy atom. The van der Waals surface area contributed by atoms with Crippen LogP contribution in [0.1, 0.15) is 44.9 Å². The molecule has 0 radical (unpaired) electrons. The third-order valence-electron chi connectivity index (χ3n) is 3.99. The van der Waals surface area contributed by atoms with Crippen molar-refractivity contribution >= 4 is 11.9 Å². The van der Waals surface area contributed by atoms with E-state index in [1.54, 1.807) is 0 Å². The van der Waals surface area contributed by atoms with Gasteiger partial charge in [0.2, 0.25) is 5.91 Å². The molecule has 114 valence electrons. The van der Waals surface area contributed by atoms with Crippen molar-refractivity contribution in [2.75, 3.05) is 19.7 Å². The molecule has 0 unspecified atom stereocenters. The molecule has 0 heterocycles. The Bertz CT molecular complexity index is 339. The fourth-order valence-electron chi connectivity index (χ4n) is 2.78. The molecular weight excluding hydrogens is 258 g/mol. The number of carbonyl (C=O) groups is 2. The molecule has 3 amide bonds. The number of rotatable bonds is 6. The molecule has 0 bridgehead atoms. The van der Waals surface area contributed by atoms with Crippen molar-refractivity contribution in [3.8, 4) is 0 Å². The minimum absolute atomic E-state index is 0.0397. The van der Waals surface area contributed by atoms with E-state index in [2.05, 4.69) is 10.6 Å². The Morgan fingerprint density at radius 3 is 2.40 bits per heavy atom. The molecule has 0 aromatic rings. The van der Waals surface area contributed by atoms with Gasteiger partial charge in [0.25, 0.3) is 0 Å². The van der Waals surface area contributed by atoms with Crippen molar-refractivity contribution in [2.24, 2.45) is 0 Å². The topological polar surface area (TPSA) is 81.7 Å².